The summed E-state index contributed by atoms with van der Waals surface area (Å²) in [6.07, 6.45) is 0. The summed E-state index contributed by atoms with van der Waals surface area (Å²) >= 11 is 0. The number of anilines is 3. The predicted molar refractivity (Wildman–Crippen MR) is 92.2 cm³/mol. The molecule has 0 N–H and O–H groups in total. The molecule has 0 saturated heterocycles. The van der Waals surface area contributed by atoms with E-state index in [0.717, 1.165) is 12.4 Å². The minimum Gasteiger partial charge on any atom is -0.358 e. The van der Waals surface area contributed by atoms with Gasteiger partial charge >= 0.3 is 19.5 Å². The number of nitrogens with zero attached hydrogens (tertiary/aromatic N) is 2. The molecule has 1 aliphatic rings. The Morgan fingerprint density at radius 3 is 2.32 bits per heavy atom. The third-order valence-corrected chi connectivity index (χ3v) is 3.88. The Morgan fingerprint density at radius 1 is 1.05 bits per heavy atom. The zero-order valence-corrected chi connectivity index (χ0v) is 15.6. The van der Waals surface area contributed by atoms with Crippen LogP contribution < -0.4 is 9.80 Å². The van der Waals surface area contributed by atoms with E-state index in [1.54, 1.807) is 0 Å². The van der Waals surface area contributed by atoms with Crippen LogP contribution in [0.5, 0.6) is 0 Å². The maximum atomic E-state index is 3.38. The number of hydrogen-bond acceptors (Lipinski definition) is 2. The molecule has 0 bridgehead atoms. The molecule has 0 aromatic heterocycles. The van der Waals surface area contributed by atoms with Crippen molar-refractivity contribution in [2.24, 2.45) is 0 Å². The van der Waals surface area contributed by atoms with E-state index in [-0.39, 0.29) is 32.3 Å². The monoisotopic (exact) mass is 383 g/mol. The number of hydrogen-bond donors (Lipinski definition) is 0. The van der Waals surface area contributed by atoms with Crippen molar-refractivity contribution in [3.63, 3.8) is 0 Å². The van der Waals surface area contributed by atoms with E-state index in [9.17, 15) is 0 Å². The number of fused-ring (bicyclic) bond motifs is 1. The van der Waals surface area contributed by atoms with Gasteiger partial charge < -0.3 is 17.2 Å². The molecule has 0 aliphatic carbocycles. The van der Waals surface area contributed by atoms with E-state index in [2.05, 4.69) is 80.1 Å². The zero-order valence-electron chi connectivity index (χ0n) is 14.0. The van der Waals surface area contributed by atoms with E-state index in [0.29, 0.717) is 0 Å². The second-order valence-corrected chi connectivity index (χ2v) is 6.47. The molecule has 2 aromatic rings. The standard InChI is InChI=1S/C18H21N2.CH3.Rh/c1-18(2,3)14-8-7-9-15(12-14)20-13-19(4)16-10-5-6-11-17(16)20;;/h5-8,10-12H,13H2,1-4H3;1H3;/q2*-1;+2. The molecule has 119 valence electrons. The van der Waals surface area contributed by atoms with E-state index < -0.39 is 0 Å². The molecule has 0 spiro atoms. The van der Waals surface area contributed by atoms with Crippen molar-refractivity contribution >= 4 is 17.1 Å². The van der Waals surface area contributed by atoms with Gasteiger partial charge in [0.25, 0.3) is 0 Å². The first-order valence-corrected chi connectivity index (χ1v) is 7.07. The van der Waals surface area contributed by atoms with E-state index in [4.69, 9.17) is 0 Å². The molecule has 0 unspecified atom stereocenters. The van der Waals surface area contributed by atoms with Gasteiger partial charge in [-0.25, -0.2) is 0 Å². The third-order valence-electron chi connectivity index (χ3n) is 3.88. The molecule has 3 heteroatoms. The summed E-state index contributed by atoms with van der Waals surface area (Å²) in [5.41, 5.74) is 5.20. The Balaban J connectivity index is 0.00000121. The SMILES string of the molecule is CN1CN(c2[c-]ccc(C(C)(C)C)c2)c2ccccc21.[CH3-].[Rh+2]. The predicted octanol–water partition coefficient (Wildman–Crippen LogP) is 4.78. The molecule has 0 atom stereocenters. The fourth-order valence-electron chi connectivity index (χ4n) is 2.66. The van der Waals surface area contributed by atoms with Crippen molar-refractivity contribution in [1.82, 2.24) is 0 Å². The fourth-order valence-corrected chi connectivity index (χ4v) is 2.66. The first-order valence-electron chi connectivity index (χ1n) is 7.07. The van der Waals surface area contributed by atoms with Crippen molar-refractivity contribution in [3.05, 3.63) is 61.5 Å². The molecule has 0 saturated carbocycles. The van der Waals surface area contributed by atoms with Crippen LogP contribution in [0.4, 0.5) is 17.1 Å². The average molecular weight is 383 g/mol. The van der Waals surface area contributed by atoms with Crippen molar-refractivity contribution < 1.29 is 19.5 Å². The van der Waals surface area contributed by atoms with Crippen molar-refractivity contribution in [2.45, 2.75) is 26.2 Å². The normalized spacial score (nSPS) is 13.3. The van der Waals surface area contributed by atoms with Crippen LogP contribution in [0.15, 0.2) is 42.5 Å². The Morgan fingerprint density at radius 2 is 1.68 bits per heavy atom. The van der Waals surface area contributed by atoms with Crippen LogP contribution in [0.3, 0.4) is 0 Å². The first kappa shape index (κ1) is 18.7. The van der Waals surface area contributed by atoms with Crippen LogP contribution in [-0.4, -0.2) is 13.7 Å². The van der Waals surface area contributed by atoms with Gasteiger partial charge in [0.2, 0.25) is 0 Å². The van der Waals surface area contributed by atoms with Gasteiger partial charge in [-0.3, -0.25) is 0 Å². The Labute approximate surface area is 147 Å². The van der Waals surface area contributed by atoms with Gasteiger partial charge in [0, 0.05) is 7.05 Å². The molecule has 1 radical (unpaired) electrons. The number of benzene rings is 2. The second kappa shape index (κ2) is 6.83. The van der Waals surface area contributed by atoms with E-state index >= 15 is 0 Å². The third kappa shape index (κ3) is 3.35. The van der Waals surface area contributed by atoms with Crippen LogP contribution in [0.1, 0.15) is 26.3 Å². The molecular formula is C19H24N2Rh. The molecule has 2 nitrogen and oxygen atoms in total. The minimum absolute atomic E-state index is 0. The van der Waals surface area contributed by atoms with Crippen LogP contribution in [0, 0.1) is 13.5 Å². The minimum atomic E-state index is 0. The van der Waals surface area contributed by atoms with Gasteiger partial charge in [0.15, 0.2) is 0 Å². The maximum Gasteiger partial charge on any atom is 2.00 e. The van der Waals surface area contributed by atoms with Crippen LogP contribution in [0.25, 0.3) is 0 Å². The average Bonchev–Trinajstić information content (AvgIpc) is 2.76. The number of para-hydroxylation sites is 2. The quantitative estimate of drug-likeness (QED) is 0.517. The summed E-state index contributed by atoms with van der Waals surface area (Å²) in [6, 6.07) is 18.4. The van der Waals surface area contributed by atoms with Crippen molar-refractivity contribution in [2.75, 3.05) is 23.5 Å². The van der Waals surface area contributed by atoms with Crippen molar-refractivity contribution in [1.29, 1.82) is 0 Å². The molecule has 0 fully saturated rings. The van der Waals surface area contributed by atoms with E-state index in [1.165, 1.54) is 16.9 Å². The van der Waals surface area contributed by atoms with Gasteiger partial charge in [0.1, 0.15) is 0 Å². The summed E-state index contributed by atoms with van der Waals surface area (Å²) < 4.78 is 0. The summed E-state index contributed by atoms with van der Waals surface area (Å²) in [6.45, 7) is 7.62. The molecule has 1 aliphatic heterocycles. The summed E-state index contributed by atoms with van der Waals surface area (Å²) in [7, 11) is 2.13. The molecule has 1 heterocycles. The van der Waals surface area contributed by atoms with Gasteiger partial charge in [-0.15, -0.1) is 6.07 Å². The van der Waals surface area contributed by atoms with Gasteiger partial charge in [-0.1, -0.05) is 38.6 Å². The Kier molecular flexibility index (Phi) is 5.81. The number of rotatable bonds is 1. The van der Waals surface area contributed by atoms with Crippen LogP contribution in [0.2, 0.25) is 0 Å². The fraction of sp³-hybridized carbons (Fsp3) is 0.316. The summed E-state index contributed by atoms with van der Waals surface area (Å²) in [5, 5.41) is 0. The molecule has 3 rings (SSSR count). The topological polar surface area (TPSA) is 6.48 Å². The van der Waals surface area contributed by atoms with Gasteiger partial charge in [0.05, 0.1) is 18.0 Å². The summed E-state index contributed by atoms with van der Waals surface area (Å²) in [5.74, 6) is 0. The largest absolute Gasteiger partial charge is 2.00 e. The second-order valence-electron chi connectivity index (χ2n) is 6.47. The Bertz CT molecular complexity index is 631. The van der Waals surface area contributed by atoms with Crippen molar-refractivity contribution in [3.8, 4) is 0 Å². The molecule has 0 amide bonds. The molecule has 22 heavy (non-hydrogen) atoms. The Hall–Kier alpha value is -1.34. The summed E-state index contributed by atoms with van der Waals surface area (Å²) in [4.78, 5) is 4.59. The first-order chi connectivity index (χ1) is 9.47. The van der Waals surface area contributed by atoms with Crippen LogP contribution >= 0.6 is 0 Å². The smallest absolute Gasteiger partial charge is 0.358 e. The van der Waals surface area contributed by atoms with Gasteiger partial charge in [-0.05, 0) is 17.5 Å². The van der Waals surface area contributed by atoms with Gasteiger partial charge in [-0.2, -0.15) is 23.8 Å². The zero-order chi connectivity index (χ0) is 14.3. The van der Waals surface area contributed by atoms with E-state index in [1.807, 2.05) is 6.07 Å². The van der Waals surface area contributed by atoms with Crippen LogP contribution in [-0.2, 0) is 24.9 Å². The molecule has 2 aromatic carbocycles. The maximum absolute atomic E-state index is 3.38. The molecular weight excluding hydrogens is 359 g/mol.